The molecule has 0 aromatic heterocycles. The lowest BCUT2D eigenvalue weighted by Crippen LogP contribution is -2.36. The number of aliphatic imine (C=N–C) groups is 1. The fourth-order valence-electron chi connectivity index (χ4n) is 0.604. The van der Waals surface area contributed by atoms with Crippen molar-refractivity contribution in [3.05, 3.63) is 0 Å². The topological polar surface area (TPSA) is 61.7 Å². The molecule has 1 atom stereocenters. The van der Waals surface area contributed by atoms with E-state index in [2.05, 4.69) is 22.5 Å². The van der Waals surface area contributed by atoms with Crippen molar-refractivity contribution in [2.75, 3.05) is 6.54 Å². The third-order valence-corrected chi connectivity index (χ3v) is 1.41. The summed E-state index contributed by atoms with van der Waals surface area (Å²) in [5, 5.41) is 11.5. The normalized spacial score (nSPS) is 24.0. The maximum Gasteiger partial charge on any atom is 0.313 e. The van der Waals surface area contributed by atoms with E-state index < -0.39 is 11.9 Å². The lowest BCUT2D eigenvalue weighted by Gasteiger charge is -2.12. The fraction of sp³-hybridized carbons (Fsp3) is 0.400. The van der Waals surface area contributed by atoms with Crippen molar-refractivity contribution in [1.29, 1.82) is 0 Å². The highest BCUT2D eigenvalue weighted by atomic mass is 32.1. The molecule has 0 amide bonds. The van der Waals surface area contributed by atoms with Gasteiger partial charge in [-0.05, 0) is 12.2 Å². The van der Waals surface area contributed by atoms with Gasteiger partial charge < -0.3 is 10.4 Å². The van der Waals surface area contributed by atoms with E-state index >= 15 is 0 Å². The Morgan fingerprint density at radius 3 is 3.10 bits per heavy atom. The minimum Gasteiger partial charge on any atom is -0.481 e. The van der Waals surface area contributed by atoms with E-state index in [1.54, 1.807) is 0 Å². The molecule has 1 aliphatic rings. The van der Waals surface area contributed by atoms with Gasteiger partial charge in [0, 0.05) is 12.8 Å². The van der Waals surface area contributed by atoms with Crippen molar-refractivity contribution >= 4 is 29.5 Å². The van der Waals surface area contributed by atoms with Gasteiger partial charge in [0.1, 0.15) is 5.92 Å². The predicted octanol–water partition coefficient (Wildman–Crippen LogP) is -0.354. The Kier molecular flexibility index (Phi) is 1.96. The first-order chi connectivity index (χ1) is 4.70. The Morgan fingerprint density at radius 1 is 2.00 bits per heavy atom. The smallest absolute Gasteiger partial charge is 0.313 e. The highest BCUT2D eigenvalue weighted by Gasteiger charge is 2.17. The van der Waals surface area contributed by atoms with E-state index in [1.165, 1.54) is 6.21 Å². The van der Waals surface area contributed by atoms with Gasteiger partial charge in [-0.3, -0.25) is 4.79 Å². The van der Waals surface area contributed by atoms with Crippen molar-refractivity contribution in [3.8, 4) is 0 Å². The first-order valence-electron chi connectivity index (χ1n) is 2.75. The molecule has 0 bridgehead atoms. The average molecular weight is 158 g/mol. The molecule has 1 unspecified atom stereocenters. The van der Waals surface area contributed by atoms with Crippen molar-refractivity contribution < 1.29 is 9.90 Å². The first kappa shape index (κ1) is 7.14. The number of carbonyl (C=O) groups is 1. The zero-order valence-corrected chi connectivity index (χ0v) is 5.89. The molecule has 1 rings (SSSR count). The summed E-state index contributed by atoms with van der Waals surface area (Å²) in [7, 11) is 0. The zero-order chi connectivity index (χ0) is 7.56. The van der Waals surface area contributed by atoms with E-state index in [0.717, 1.165) is 0 Å². The van der Waals surface area contributed by atoms with Crippen molar-refractivity contribution in [1.82, 2.24) is 5.32 Å². The van der Waals surface area contributed by atoms with Crippen LogP contribution in [0.1, 0.15) is 0 Å². The van der Waals surface area contributed by atoms with Crippen LogP contribution in [-0.4, -0.2) is 28.9 Å². The summed E-state index contributed by atoms with van der Waals surface area (Å²) in [6.45, 7) is 0.345. The van der Waals surface area contributed by atoms with E-state index in [0.29, 0.717) is 11.7 Å². The van der Waals surface area contributed by atoms with Gasteiger partial charge in [-0.2, -0.15) is 0 Å². The second kappa shape index (κ2) is 2.74. The number of thiocarbonyl (C=S) groups is 1. The molecule has 0 aromatic carbocycles. The molecule has 0 aliphatic carbocycles. The quantitative estimate of drug-likeness (QED) is 0.512. The minimum atomic E-state index is -0.876. The number of carboxylic acid groups (broad SMARTS) is 1. The minimum absolute atomic E-state index is 0.345. The van der Waals surface area contributed by atoms with Gasteiger partial charge in [0.2, 0.25) is 0 Å². The monoisotopic (exact) mass is 158 g/mol. The van der Waals surface area contributed by atoms with Gasteiger partial charge in [0.25, 0.3) is 0 Å². The molecular weight excluding hydrogens is 152 g/mol. The summed E-state index contributed by atoms with van der Waals surface area (Å²) in [5.74, 6) is -1.41. The molecule has 0 radical (unpaired) electrons. The Labute approximate surface area is 63.0 Å². The van der Waals surface area contributed by atoms with Crippen molar-refractivity contribution in [2.24, 2.45) is 10.9 Å². The molecule has 0 aromatic rings. The Morgan fingerprint density at radius 2 is 2.70 bits per heavy atom. The highest BCUT2D eigenvalue weighted by molar-refractivity contribution is 7.80. The molecule has 0 spiro atoms. The molecule has 1 heterocycles. The van der Waals surface area contributed by atoms with Gasteiger partial charge in [0.05, 0.1) is 0 Å². The maximum atomic E-state index is 10.3. The third kappa shape index (κ3) is 1.51. The van der Waals surface area contributed by atoms with Crippen LogP contribution in [0.5, 0.6) is 0 Å². The first-order valence-corrected chi connectivity index (χ1v) is 3.16. The van der Waals surface area contributed by atoms with Gasteiger partial charge in [-0.15, -0.1) is 0 Å². The lowest BCUT2D eigenvalue weighted by atomic mass is 10.1. The van der Waals surface area contributed by atoms with Crippen LogP contribution in [0.3, 0.4) is 0 Å². The van der Waals surface area contributed by atoms with Crippen LogP contribution in [0.2, 0.25) is 0 Å². The summed E-state index contributed by atoms with van der Waals surface area (Å²) in [4.78, 5) is 13.9. The standard InChI is InChI=1S/C5H6N2O2S/c8-4(9)3-1-6-5(10)7-2-3/h1,3H,2H2,(H,7,10)(H,8,9). The molecule has 10 heavy (non-hydrogen) atoms. The van der Waals surface area contributed by atoms with Crippen molar-refractivity contribution in [2.45, 2.75) is 0 Å². The summed E-state index contributed by atoms with van der Waals surface area (Å²) >= 11 is 4.64. The van der Waals surface area contributed by atoms with Crippen LogP contribution in [0.25, 0.3) is 0 Å². The van der Waals surface area contributed by atoms with Crippen LogP contribution < -0.4 is 5.32 Å². The number of nitrogens with zero attached hydrogens (tertiary/aromatic N) is 1. The van der Waals surface area contributed by atoms with E-state index in [-0.39, 0.29) is 0 Å². The van der Waals surface area contributed by atoms with E-state index in [4.69, 9.17) is 5.11 Å². The SMILES string of the molecule is O=C(O)C1C=NC(=S)NC1. The third-order valence-electron chi connectivity index (χ3n) is 1.16. The Bertz CT molecular complexity index is 202. The highest BCUT2D eigenvalue weighted by Crippen LogP contribution is 1.96. The average Bonchev–Trinajstić information content (AvgIpc) is 1.88. The summed E-state index contributed by atoms with van der Waals surface area (Å²) in [6, 6.07) is 0. The van der Waals surface area contributed by atoms with Gasteiger partial charge >= 0.3 is 5.97 Å². The largest absolute Gasteiger partial charge is 0.481 e. The fourth-order valence-corrected chi connectivity index (χ4v) is 0.749. The van der Waals surface area contributed by atoms with Crippen LogP contribution >= 0.6 is 12.2 Å². The lowest BCUT2D eigenvalue weighted by molar-refractivity contribution is -0.139. The molecule has 1 aliphatic heterocycles. The summed E-state index contributed by atoms with van der Waals surface area (Å²) < 4.78 is 0. The second-order valence-corrected chi connectivity index (χ2v) is 2.30. The van der Waals surface area contributed by atoms with Gasteiger partial charge in [-0.25, -0.2) is 4.99 Å². The second-order valence-electron chi connectivity index (χ2n) is 1.91. The van der Waals surface area contributed by atoms with E-state index in [9.17, 15) is 4.79 Å². The predicted molar refractivity (Wildman–Crippen MR) is 40.2 cm³/mol. The molecule has 54 valence electrons. The van der Waals surface area contributed by atoms with Crippen LogP contribution in [0.4, 0.5) is 0 Å². The van der Waals surface area contributed by atoms with Crippen LogP contribution in [0.15, 0.2) is 4.99 Å². The summed E-state index contributed by atoms with van der Waals surface area (Å²) in [6.07, 6.45) is 1.35. The number of carboxylic acids is 1. The van der Waals surface area contributed by atoms with Gasteiger partial charge in [-0.1, -0.05) is 0 Å². The molecule has 0 fully saturated rings. The number of nitrogens with one attached hydrogen (secondary N) is 1. The Balaban J connectivity index is 2.61. The van der Waals surface area contributed by atoms with Gasteiger partial charge in [0.15, 0.2) is 5.11 Å². The Hall–Kier alpha value is -0.970. The van der Waals surface area contributed by atoms with Crippen molar-refractivity contribution in [3.63, 3.8) is 0 Å². The molecule has 5 heteroatoms. The molecule has 4 nitrogen and oxygen atoms in total. The molecular formula is C5H6N2O2S. The molecule has 0 saturated carbocycles. The number of aliphatic carboxylic acids is 1. The number of hydrogen-bond acceptors (Lipinski definition) is 2. The molecule has 2 N–H and O–H groups in total. The number of hydrogen-bond donors (Lipinski definition) is 2. The summed E-state index contributed by atoms with van der Waals surface area (Å²) in [5.41, 5.74) is 0. The molecule has 0 saturated heterocycles. The zero-order valence-electron chi connectivity index (χ0n) is 5.07. The van der Waals surface area contributed by atoms with E-state index in [1.807, 2.05) is 0 Å². The van der Waals surface area contributed by atoms with Crippen LogP contribution in [0, 0.1) is 5.92 Å². The maximum absolute atomic E-state index is 10.3. The van der Waals surface area contributed by atoms with Crippen LogP contribution in [-0.2, 0) is 4.79 Å². The number of rotatable bonds is 1.